The molecule has 3 atom stereocenters. The number of amides is 2. The van der Waals surface area contributed by atoms with Crippen molar-refractivity contribution < 1.29 is 19.5 Å². The SMILES string of the molecule is Cc1nnsc1SC1=C(C(=O)O)N2C(=O)C(NC(=O)C(N=O)c3nc(N)sc3Cl)C2CC1. The predicted octanol–water partition coefficient (Wildman–Crippen LogP) is 1.92. The highest BCUT2D eigenvalue weighted by Gasteiger charge is 2.54. The van der Waals surface area contributed by atoms with Gasteiger partial charge in [0.1, 0.15) is 26.0 Å². The molecule has 1 saturated heterocycles. The van der Waals surface area contributed by atoms with Crippen molar-refractivity contribution in [2.75, 3.05) is 5.73 Å². The van der Waals surface area contributed by atoms with Gasteiger partial charge in [0.25, 0.3) is 11.8 Å². The summed E-state index contributed by atoms with van der Waals surface area (Å²) in [6.45, 7) is 1.76. The molecule has 168 valence electrons. The van der Waals surface area contributed by atoms with Gasteiger partial charge < -0.3 is 16.2 Å². The molecule has 12 nitrogen and oxygen atoms in total. The number of rotatable bonds is 7. The Bertz CT molecular complexity index is 1160. The smallest absolute Gasteiger partial charge is 0.353 e. The molecule has 2 aromatic rings. The average molecular weight is 516 g/mol. The van der Waals surface area contributed by atoms with Crippen LogP contribution in [0.5, 0.6) is 0 Å². The molecule has 0 radical (unpaired) electrons. The third-order valence-electron chi connectivity index (χ3n) is 4.96. The van der Waals surface area contributed by atoms with E-state index in [-0.39, 0.29) is 20.9 Å². The fraction of sp³-hybridized carbons (Fsp3) is 0.375. The first-order chi connectivity index (χ1) is 15.2. The number of aliphatic carboxylic acids is 1. The number of allylic oxidation sites excluding steroid dienone is 1. The molecule has 3 unspecified atom stereocenters. The second-order valence-electron chi connectivity index (χ2n) is 6.84. The van der Waals surface area contributed by atoms with Crippen LogP contribution < -0.4 is 11.1 Å². The minimum atomic E-state index is -1.58. The first-order valence-corrected chi connectivity index (χ1v) is 11.8. The van der Waals surface area contributed by atoms with Crippen molar-refractivity contribution in [1.29, 1.82) is 0 Å². The summed E-state index contributed by atoms with van der Waals surface area (Å²) < 4.78 is 4.63. The molecule has 0 bridgehead atoms. The van der Waals surface area contributed by atoms with E-state index < -0.39 is 35.9 Å². The number of hydrogen-bond donors (Lipinski definition) is 3. The lowest BCUT2D eigenvalue weighted by Crippen LogP contribution is -2.71. The van der Waals surface area contributed by atoms with Gasteiger partial charge in [0.2, 0.25) is 6.04 Å². The zero-order valence-corrected chi connectivity index (χ0v) is 19.3. The number of aromatic nitrogens is 3. The molecule has 0 spiro atoms. The normalized spacial score (nSPS) is 21.1. The average Bonchev–Trinajstić information content (AvgIpc) is 3.30. The third kappa shape index (κ3) is 3.85. The van der Waals surface area contributed by atoms with E-state index in [9.17, 15) is 24.4 Å². The molecular weight excluding hydrogens is 502 g/mol. The number of carboxylic acid groups (broad SMARTS) is 1. The maximum atomic E-state index is 12.8. The topological polar surface area (TPSA) is 181 Å². The number of hydrogen-bond acceptors (Lipinski definition) is 12. The van der Waals surface area contributed by atoms with Crippen LogP contribution in [0.25, 0.3) is 0 Å². The van der Waals surface area contributed by atoms with Crippen LogP contribution in [0.3, 0.4) is 0 Å². The number of nitrogens with zero attached hydrogens (tertiary/aromatic N) is 5. The van der Waals surface area contributed by atoms with Crippen molar-refractivity contribution in [2.45, 2.75) is 42.1 Å². The van der Waals surface area contributed by atoms with Crippen molar-refractivity contribution in [3.8, 4) is 0 Å². The molecular formula is C16H14ClN7O5S3. The second kappa shape index (κ2) is 8.73. The lowest BCUT2D eigenvalue weighted by Gasteiger charge is -2.50. The Hall–Kier alpha value is -2.62. The number of thiazole rings is 1. The van der Waals surface area contributed by atoms with Gasteiger partial charge in [0.05, 0.1) is 11.7 Å². The number of carbonyl (C=O) groups is 3. The molecule has 16 heteroatoms. The van der Waals surface area contributed by atoms with Gasteiger partial charge in [0.15, 0.2) is 5.13 Å². The molecule has 0 saturated carbocycles. The van der Waals surface area contributed by atoms with E-state index in [4.69, 9.17) is 17.3 Å². The quantitative estimate of drug-likeness (QED) is 0.364. The fourth-order valence-electron chi connectivity index (χ4n) is 3.51. The van der Waals surface area contributed by atoms with E-state index in [0.717, 1.165) is 27.1 Å². The number of nitrogens with one attached hydrogen (secondary N) is 1. The van der Waals surface area contributed by atoms with Crippen LogP contribution in [0.4, 0.5) is 5.13 Å². The Labute approximate surface area is 197 Å². The molecule has 2 aliphatic heterocycles. The van der Waals surface area contributed by atoms with Gasteiger partial charge in [-0.2, -0.15) is 0 Å². The van der Waals surface area contributed by atoms with Crippen LogP contribution in [-0.2, 0) is 14.4 Å². The first kappa shape index (κ1) is 22.6. The number of nitroso groups, excluding NO2 is 1. The zero-order chi connectivity index (χ0) is 23.2. The Morgan fingerprint density at radius 2 is 2.22 bits per heavy atom. The summed E-state index contributed by atoms with van der Waals surface area (Å²) >= 11 is 9.22. The molecule has 0 aromatic carbocycles. The van der Waals surface area contributed by atoms with Crippen LogP contribution >= 0.6 is 46.2 Å². The molecule has 2 aliphatic rings. The van der Waals surface area contributed by atoms with E-state index in [1.807, 2.05) is 0 Å². The summed E-state index contributed by atoms with van der Waals surface area (Å²) in [7, 11) is 0. The van der Waals surface area contributed by atoms with Crippen molar-refractivity contribution in [2.24, 2.45) is 5.18 Å². The number of carboxylic acids is 1. The molecule has 32 heavy (non-hydrogen) atoms. The summed E-state index contributed by atoms with van der Waals surface area (Å²) in [6.07, 6.45) is 0.804. The number of halogens is 1. The number of anilines is 1. The minimum absolute atomic E-state index is 0.0482. The predicted molar refractivity (Wildman–Crippen MR) is 117 cm³/mol. The van der Waals surface area contributed by atoms with Gasteiger partial charge in [0, 0.05) is 4.91 Å². The molecule has 4 N–H and O–H groups in total. The minimum Gasteiger partial charge on any atom is -0.477 e. The summed E-state index contributed by atoms with van der Waals surface area (Å²) in [5, 5.41) is 19.0. The fourth-order valence-corrected chi connectivity index (χ4v) is 6.36. The number of nitrogen functional groups attached to an aromatic ring is 1. The number of carbonyl (C=O) groups excluding carboxylic acids is 2. The zero-order valence-electron chi connectivity index (χ0n) is 16.1. The standard InChI is InChI=1S/C16H14ClN7O5S3/c1-4-15(32-23-21-4)30-6-3-2-5-7(13(26)24(5)10(6)14(27)28)19-12(25)9(22-29)8-11(17)31-16(18)20-8/h5,7,9H,2-3H2,1H3,(H2,18,20)(H,19,25)(H,27,28). The number of nitrogens with two attached hydrogens (primary N) is 1. The Morgan fingerprint density at radius 3 is 2.78 bits per heavy atom. The summed E-state index contributed by atoms with van der Waals surface area (Å²) in [5.74, 6) is -2.70. The van der Waals surface area contributed by atoms with Gasteiger partial charge >= 0.3 is 5.97 Å². The van der Waals surface area contributed by atoms with Crippen LogP contribution in [0, 0.1) is 11.8 Å². The van der Waals surface area contributed by atoms with E-state index in [1.165, 1.54) is 16.7 Å². The number of fused-ring (bicyclic) bond motifs is 1. The van der Waals surface area contributed by atoms with Crippen molar-refractivity contribution in [3.05, 3.63) is 31.2 Å². The van der Waals surface area contributed by atoms with E-state index in [1.54, 1.807) is 6.92 Å². The number of aryl methyl sites for hydroxylation is 1. The van der Waals surface area contributed by atoms with Gasteiger partial charge in [-0.05, 0) is 36.5 Å². The van der Waals surface area contributed by atoms with Gasteiger partial charge in [-0.15, -0.1) is 10.0 Å². The molecule has 0 aliphatic carbocycles. The second-order valence-corrected chi connectivity index (χ2v) is 10.6. The van der Waals surface area contributed by atoms with Gasteiger partial charge in [-0.3, -0.25) is 14.5 Å². The van der Waals surface area contributed by atoms with Crippen LogP contribution in [0.1, 0.15) is 30.3 Å². The molecule has 2 aromatic heterocycles. The maximum Gasteiger partial charge on any atom is 0.353 e. The van der Waals surface area contributed by atoms with Crippen LogP contribution in [0.2, 0.25) is 4.34 Å². The molecule has 4 rings (SSSR count). The highest BCUT2D eigenvalue weighted by Crippen LogP contribution is 2.44. The first-order valence-electron chi connectivity index (χ1n) is 9.03. The number of β-lactam (4-membered cyclic amide) rings is 1. The summed E-state index contributed by atoms with van der Waals surface area (Å²) in [4.78, 5) is 54.2. The Kier molecular flexibility index (Phi) is 6.15. The van der Waals surface area contributed by atoms with E-state index >= 15 is 0 Å². The summed E-state index contributed by atoms with van der Waals surface area (Å²) in [5.41, 5.74) is 6.01. The van der Waals surface area contributed by atoms with Gasteiger partial charge in [-0.1, -0.05) is 39.2 Å². The highest BCUT2D eigenvalue weighted by molar-refractivity contribution is 8.04. The molecule has 2 amide bonds. The number of thioether (sulfide) groups is 1. The molecule has 1 fully saturated rings. The van der Waals surface area contributed by atoms with Crippen LogP contribution in [0.15, 0.2) is 20.0 Å². The van der Waals surface area contributed by atoms with Crippen LogP contribution in [-0.4, -0.2) is 54.4 Å². The highest BCUT2D eigenvalue weighted by atomic mass is 35.5. The van der Waals surface area contributed by atoms with Crippen molar-refractivity contribution in [1.82, 2.24) is 24.8 Å². The van der Waals surface area contributed by atoms with E-state index in [0.29, 0.717) is 23.4 Å². The maximum absolute atomic E-state index is 12.8. The summed E-state index contributed by atoms with van der Waals surface area (Å²) in [6, 6.07) is -3.14. The largest absolute Gasteiger partial charge is 0.477 e. The van der Waals surface area contributed by atoms with Gasteiger partial charge in [-0.25, -0.2) is 9.78 Å². The van der Waals surface area contributed by atoms with Crippen molar-refractivity contribution in [3.63, 3.8) is 0 Å². The van der Waals surface area contributed by atoms with E-state index in [2.05, 4.69) is 25.1 Å². The third-order valence-corrected chi connectivity index (χ3v) is 8.29. The van der Waals surface area contributed by atoms with Crippen molar-refractivity contribution >= 4 is 69.1 Å². The molecule has 4 heterocycles. The lowest BCUT2D eigenvalue weighted by atomic mass is 9.86. The monoisotopic (exact) mass is 515 g/mol. The lowest BCUT2D eigenvalue weighted by molar-refractivity contribution is -0.156. The Morgan fingerprint density at radius 1 is 1.47 bits per heavy atom. The Balaban J connectivity index is 1.53.